The molecule has 0 nitrogen and oxygen atoms in total. The number of hydrogen-bond donors (Lipinski definition) is 0. The van der Waals surface area contributed by atoms with Crippen molar-refractivity contribution >= 4 is 11.6 Å². The molecule has 0 spiro atoms. The van der Waals surface area contributed by atoms with Crippen molar-refractivity contribution in [2.24, 2.45) is 0 Å². The van der Waals surface area contributed by atoms with E-state index in [0.29, 0.717) is 5.03 Å². The van der Waals surface area contributed by atoms with E-state index in [1.807, 2.05) is 33.8 Å². The quantitative estimate of drug-likeness (QED) is 0.546. The first-order chi connectivity index (χ1) is 5.04. The van der Waals surface area contributed by atoms with Crippen molar-refractivity contribution in [1.82, 2.24) is 0 Å². The molecule has 0 fully saturated rings. The van der Waals surface area contributed by atoms with Gasteiger partial charge in [-0.2, -0.15) is 0 Å². The Labute approximate surface area is 75.3 Å². The van der Waals surface area contributed by atoms with E-state index in [-0.39, 0.29) is 0 Å². The zero-order valence-electron chi connectivity index (χ0n) is 7.87. The van der Waals surface area contributed by atoms with Crippen LogP contribution < -0.4 is 0 Å². The molecule has 0 unspecified atom stereocenters. The fourth-order valence-corrected chi connectivity index (χ4v) is 0.502. The predicted molar refractivity (Wildman–Crippen MR) is 54.9 cm³/mol. The largest absolute Gasteiger partial charge is 0.0961 e. The average molecular weight is 173 g/mol. The number of hydrogen-bond acceptors (Lipinski definition) is 0. The van der Waals surface area contributed by atoms with E-state index >= 15 is 0 Å². The van der Waals surface area contributed by atoms with Gasteiger partial charge in [-0.3, -0.25) is 0 Å². The van der Waals surface area contributed by atoms with Crippen molar-refractivity contribution in [3.8, 4) is 0 Å². The molecule has 0 bridgehead atoms. The lowest BCUT2D eigenvalue weighted by atomic mass is 10.2. The van der Waals surface area contributed by atoms with Crippen LogP contribution in [0.4, 0.5) is 0 Å². The first-order valence-electron chi connectivity index (χ1n) is 3.72. The van der Waals surface area contributed by atoms with E-state index in [9.17, 15) is 0 Å². The van der Waals surface area contributed by atoms with Crippen molar-refractivity contribution in [1.29, 1.82) is 0 Å². The Morgan fingerprint density at radius 2 is 1.55 bits per heavy atom. The Morgan fingerprint density at radius 1 is 1.18 bits per heavy atom. The van der Waals surface area contributed by atoms with E-state index in [4.69, 9.17) is 11.6 Å². The van der Waals surface area contributed by atoms with Crippen molar-refractivity contribution in [2.75, 3.05) is 0 Å². The van der Waals surface area contributed by atoms with Crippen molar-refractivity contribution < 1.29 is 0 Å². The zero-order valence-corrected chi connectivity index (χ0v) is 8.63. The van der Waals surface area contributed by atoms with E-state index in [2.05, 4.69) is 13.2 Å². The van der Waals surface area contributed by atoms with Gasteiger partial charge in [-0.15, -0.1) is 0 Å². The summed E-state index contributed by atoms with van der Waals surface area (Å²) >= 11 is 5.57. The van der Waals surface area contributed by atoms with Gasteiger partial charge in [0.1, 0.15) is 0 Å². The topological polar surface area (TPSA) is 0 Å². The third-order valence-electron chi connectivity index (χ3n) is 0.891. The summed E-state index contributed by atoms with van der Waals surface area (Å²) in [4.78, 5) is 0. The van der Waals surface area contributed by atoms with E-state index in [1.165, 1.54) is 0 Å². The molecule has 0 saturated heterocycles. The van der Waals surface area contributed by atoms with Gasteiger partial charge in [0.2, 0.25) is 0 Å². The second kappa shape index (κ2) is 7.62. The molecule has 0 atom stereocenters. The molecule has 0 radical (unpaired) electrons. The van der Waals surface area contributed by atoms with Crippen LogP contribution in [0, 0.1) is 0 Å². The lowest BCUT2D eigenvalue weighted by Crippen LogP contribution is -1.73. The predicted octanol–water partition coefficient (Wildman–Crippen LogP) is 4.29. The smallest absolute Gasteiger partial charge is 0.0363 e. The summed E-state index contributed by atoms with van der Waals surface area (Å²) in [6.45, 7) is 15.1. The minimum atomic E-state index is 0.581. The van der Waals surface area contributed by atoms with E-state index in [0.717, 1.165) is 11.1 Å². The Balaban J connectivity index is 0. The molecule has 0 saturated carbocycles. The Bertz CT molecular complexity index is 164. The summed E-state index contributed by atoms with van der Waals surface area (Å²) < 4.78 is 0. The fraction of sp³-hybridized carbons (Fsp3) is 0.400. The molecular formula is C10H17Cl. The van der Waals surface area contributed by atoms with Crippen LogP contribution in [0.25, 0.3) is 0 Å². The monoisotopic (exact) mass is 172 g/mol. The highest BCUT2D eigenvalue weighted by Crippen LogP contribution is 2.12. The first-order valence-corrected chi connectivity index (χ1v) is 4.10. The molecule has 0 aromatic heterocycles. The van der Waals surface area contributed by atoms with Crippen LogP contribution in [-0.2, 0) is 0 Å². The Morgan fingerprint density at radius 3 is 1.64 bits per heavy atom. The first kappa shape index (κ1) is 13.1. The molecule has 0 aliphatic carbocycles. The van der Waals surface area contributed by atoms with Gasteiger partial charge in [0, 0.05) is 5.03 Å². The summed E-state index contributed by atoms with van der Waals surface area (Å²) in [5, 5.41) is 0.581. The van der Waals surface area contributed by atoms with Gasteiger partial charge < -0.3 is 0 Å². The van der Waals surface area contributed by atoms with Crippen LogP contribution >= 0.6 is 11.6 Å². The third kappa shape index (κ3) is 9.51. The van der Waals surface area contributed by atoms with Crippen molar-refractivity contribution in [3.05, 3.63) is 35.4 Å². The highest BCUT2D eigenvalue weighted by molar-refractivity contribution is 6.31. The molecule has 0 heterocycles. The molecule has 11 heavy (non-hydrogen) atoms. The Kier molecular flexibility index (Phi) is 9.09. The van der Waals surface area contributed by atoms with Crippen LogP contribution in [0.2, 0.25) is 0 Å². The van der Waals surface area contributed by atoms with Crippen LogP contribution in [0.15, 0.2) is 35.4 Å². The van der Waals surface area contributed by atoms with E-state index in [1.54, 1.807) is 0 Å². The third-order valence-corrected chi connectivity index (χ3v) is 1.19. The SMILES string of the molecule is C=C(C)/C=C(/C)C(=C)Cl.CC. The average Bonchev–Trinajstić information content (AvgIpc) is 1.90. The summed E-state index contributed by atoms with van der Waals surface area (Å²) in [5.74, 6) is 0. The summed E-state index contributed by atoms with van der Waals surface area (Å²) in [7, 11) is 0. The number of halogens is 1. The maximum atomic E-state index is 5.57. The minimum absolute atomic E-state index is 0.581. The van der Waals surface area contributed by atoms with E-state index < -0.39 is 0 Å². The van der Waals surface area contributed by atoms with Crippen LogP contribution in [0.1, 0.15) is 27.7 Å². The maximum Gasteiger partial charge on any atom is 0.0363 e. The number of allylic oxidation sites excluding steroid dienone is 4. The molecule has 1 heteroatoms. The minimum Gasteiger partial charge on any atom is -0.0961 e. The molecule has 64 valence electrons. The summed E-state index contributed by atoms with van der Waals surface area (Å²) in [6, 6.07) is 0. The summed E-state index contributed by atoms with van der Waals surface area (Å²) in [6.07, 6.45) is 1.90. The van der Waals surface area contributed by atoms with Crippen molar-refractivity contribution in [2.45, 2.75) is 27.7 Å². The molecular weight excluding hydrogens is 156 g/mol. The van der Waals surface area contributed by atoms with Crippen molar-refractivity contribution in [3.63, 3.8) is 0 Å². The normalized spacial score (nSPS) is 9.73. The highest BCUT2D eigenvalue weighted by atomic mass is 35.5. The summed E-state index contributed by atoms with van der Waals surface area (Å²) in [5.41, 5.74) is 1.97. The van der Waals surface area contributed by atoms with Crippen LogP contribution in [0.5, 0.6) is 0 Å². The molecule has 0 N–H and O–H groups in total. The van der Waals surface area contributed by atoms with Gasteiger partial charge in [-0.1, -0.05) is 50.3 Å². The van der Waals surface area contributed by atoms with Gasteiger partial charge in [0.15, 0.2) is 0 Å². The zero-order chi connectivity index (χ0) is 9.44. The van der Waals surface area contributed by atoms with Crippen LogP contribution in [-0.4, -0.2) is 0 Å². The second-order valence-corrected chi connectivity index (χ2v) is 2.53. The fourth-order valence-electron chi connectivity index (χ4n) is 0.448. The number of rotatable bonds is 2. The molecule has 0 aromatic carbocycles. The second-order valence-electron chi connectivity index (χ2n) is 2.08. The van der Waals surface area contributed by atoms with Gasteiger partial charge in [-0.25, -0.2) is 0 Å². The molecule has 0 aliphatic heterocycles. The molecule has 0 aliphatic rings. The lowest BCUT2D eigenvalue weighted by molar-refractivity contribution is 1.44. The molecule has 0 aromatic rings. The standard InChI is InChI=1S/C8H11Cl.C2H6/c1-6(2)5-7(3)8(4)9;1-2/h5H,1,4H2,2-3H3;1-2H3/b7-5-;. The maximum absolute atomic E-state index is 5.57. The Hall–Kier alpha value is -0.490. The van der Waals surface area contributed by atoms with Gasteiger partial charge in [0.25, 0.3) is 0 Å². The van der Waals surface area contributed by atoms with Gasteiger partial charge in [-0.05, 0) is 19.4 Å². The molecule has 0 rings (SSSR count). The van der Waals surface area contributed by atoms with Crippen LogP contribution in [0.3, 0.4) is 0 Å². The molecule has 0 amide bonds. The van der Waals surface area contributed by atoms with Gasteiger partial charge >= 0.3 is 0 Å². The highest BCUT2D eigenvalue weighted by Gasteiger charge is 1.88. The van der Waals surface area contributed by atoms with Gasteiger partial charge in [0.05, 0.1) is 0 Å². The lowest BCUT2D eigenvalue weighted by Gasteiger charge is -1.94.